The molecule has 0 radical (unpaired) electrons. The lowest BCUT2D eigenvalue weighted by Gasteiger charge is -2.22. The standard InChI is InChI=1S/C16H19FN2S/c17-15-6-3-7-16(19-8-1-2-9-19)14(15)12-18-11-13-5-4-10-20-13/h3-7,10,18H,1-2,8-9,11-12H2. The molecule has 2 aromatic rings. The van der Waals surface area contributed by atoms with Crippen molar-refractivity contribution >= 4 is 17.0 Å². The van der Waals surface area contributed by atoms with E-state index in [1.54, 1.807) is 17.4 Å². The van der Waals surface area contributed by atoms with Crippen LogP contribution in [-0.2, 0) is 13.1 Å². The van der Waals surface area contributed by atoms with Gasteiger partial charge in [0.05, 0.1) is 0 Å². The topological polar surface area (TPSA) is 15.3 Å². The number of nitrogens with zero attached hydrogens (tertiary/aromatic N) is 1. The van der Waals surface area contributed by atoms with Crippen molar-refractivity contribution < 1.29 is 4.39 Å². The molecule has 1 aromatic carbocycles. The maximum absolute atomic E-state index is 14.1. The first-order valence-electron chi connectivity index (χ1n) is 7.10. The van der Waals surface area contributed by atoms with Gasteiger partial charge in [-0.05, 0) is 36.4 Å². The normalized spacial score (nSPS) is 14.9. The summed E-state index contributed by atoms with van der Waals surface area (Å²) in [6.07, 6.45) is 2.41. The van der Waals surface area contributed by atoms with Gasteiger partial charge in [-0.3, -0.25) is 0 Å². The largest absolute Gasteiger partial charge is 0.371 e. The van der Waals surface area contributed by atoms with Crippen molar-refractivity contribution in [1.29, 1.82) is 0 Å². The van der Waals surface area contributed by atoms with E-state index in [1.165, 1.54) is 17.7 Å². The Hall–Kier alpha value is -1.39. The van der Waals surface area contributed by atoms with E-state index in [0.717, 1.165) is 30.9 Å². The zero-order valence-corrected chi connectivity index (χ0v) is 12.3. The highest BCUT2D eigenvalue weighted by molar-refractivity contribution is 7.09. The lowest BCUT2D eigenvalue weighted by molar-refractivity contribution is 0.588. The predicted octanol–water partition coefficient (Wildman–Crippen LogP) is 3.78. The number of thiophene rings is 1. The zero-order valence-electron chi connectivity index (χ0n) is 11.4. The molecule has 3 rings (SSSR count). The van der Waals surface area contributed by atoms with Crippen LogP contribution in [0.1, 0.15) is 23.3 Å². The van der Waals surface area contributed by atoms with Gasteiger partial charge in [0.15, 0.2) is 0 Å². The third-order valence-electron chi connectivity index (χ3n) is 3.72. The van der Waals surface area contributed by atoms with Crippen molar-refractivity contribution in [2.24, 2.45) is 0 Å². The Morgan fingerprint density at radius 2 is 1.95 bits per heavy atom. The highest BCUT2D eigenvalue weighted by Crippen LogP contribution is 2.26. The van der Waals surface area contributed by atoms with E-state index < -0.39 is 0 Å². The Balaban J connectivity index is 1.70. The van der Waals surface area contributed by atoms with Gasteiger partial charge in [0.1, 0.15) is 5.82 Å². The molecule has 1 saturated heterocycles. The average Bonchev–Trinajstić information content (AvgIpc) is 3.12. The van der Waals surface area contributed by atoms with Crippen molar-refractivity contribution in [3.63, 3.8) is 0 Å². The van der Waals surface area contributed by atoms with Gasteiger partial charge < -0.3 is 10.2 Å². The van der Waals surface area contributed by atoms with Crippen molar-refractivity contribution in [3.05, 3.63) is 52.0 Å². The van der Waals surface area contributed by atoms with Crippen LogP contribution in [0.3, 0.4) is 0 Å². The molecular weight excluding hydrogens is 271 g/mol. The second-order valence-corrected chi connectivity index (χ2v) is 6.15. The summed E-state index contributed by atoms with van der Waals surface area (Å²) in [5.74, 6) is -0.104. The van der Waals surface area contributed by atoms with Crippen molar-refractivity contribution in [3.8, 4) is 0 Å². The molecule has 0 amide bonds. The number of hydrogen-bond donors (Lipinski definition) is 1. The molecule has 0 aliphatic carbocycles. The molecule has 0 atom stereocenters. The fourth-order valence-electron chi connectivity index (χ4n) is 2.70. The molecule has 1 N–H and O–H groups in total. The fraction of sp³-hybridized carbons (Fsp3) is 0.375. The van der Waals surface area contributed by atoms with Crippen LogP contribution in [0.4, 0.5) is 10.1 Å². The molecule has 2 nitrogen and oxygen atoms in total. The number of nitrogens with one attached hydrogen (secondary N) is 1. The quantitative estimate of drug-likeness (QED) is 0.901. The lowest BCUT2D eigenvalue weighted by Crippen LogP contribution is -2.22. The summed E-state index contributed by atoms with van der Waals surface area (Å²) in [4.78, 5) is 3.58. The molecule has 1 aromatic heterocycles. The molecular formula is C16H19FN2S. The molecule has 1 fully saturated rings. The first-order chi connectivity index (χ1) is 9.84. The van der Waals surface area contributed by atoms with E-state index in [-0.39, 0.29) is 5.82 Å². The number of hydrogen-bond acceptors (Lipinski definition) is 3. The fourth-order valence-corrected chi connectivity index (χ4v) is 3.37. The predicted molar refractivity (Wildman–Crippen MR) is 82.7 cm³/mol. The van der Waals surface area contributed by atoms with Crippen molar-refractivity contribution in [1.82, 2.24) is 5.32 Å². The second kappa shape index (κ2) is 6.37. The van der Waals surface area contributed by atoms with E-state index in [9.17, 15) is 4.39 Å². The summed E-state index contributed by atoms with van der Waals surface area (Å²) >= 11 is 1.73. The van der Waals surface area contributed by atoms with Crippen molar-refractivity contribution in [2.45, 2.75) is 25.9 Å². The minimum absolute atomic E-state index is 0.104. The molecule has 0 bridgehead atoms. The average molecular weight is 290 g/mol. The Morgan fingerprint density at radius 1 is 1.10 bits per heavy atom. The summed E-state index contributed by atoms with van der Waals surface area (Å²) in [5, 5.41) is 5.42. The maximum Gasteiger partial charge on any atom is 0.129 e. The number of rotatable bonds is 5. The van der Waals surface area contributed by atoms with Crippen LogP contribution >= 0.6 is 11.3 Å². The molecule has 1 aliphatic heterocycles. The van der Waals surface area contributed by atoms with Gasteiger partial charge in [-0.2, -0.15) is 0 Å². The van der Waals surface area contributed by atoms with Crippen LogP contribution in [0.2, 0.25) is 0 Å². The molecule has 0 saturated carbocycles. The lowest BCUT2D eigenvalue weighted by atomic mass is 10.1. The van der Waals surface area contributed by atoms with Gasteiger partial charge in [0.2, 0.25) is 0 Å². The maximum atomic E-state index is 14.1. The van der Waals surface area contributed by atoms with Gasteiger partial charge in [-0.25, -0.2) is 4.39 Å². The van der Waals surface area contributed by atoms with Crippen LogP contribution in [0.15, 0.2) is 35.7 Å². The summed E-state index contributed by atoms with van der Waals surface area (Å²) in [6.45, 7) is 3.46. The SMILES string of the molecule is Fc1cccc(N2CCCC2)c1CNCc1cccs1. The highest BCUT2D eigenvalue weighted by atomic mass is 32.1. The summed E-state index contributed by atoms with van der Waals surface area (Å²) < 4.78 is 14.1. The van der Waals surface area contributed by atoms with Gasteiger partial charge in [0.25, 0.3) is 0 Å². The van der Waals surface area contributed by atoms with E-state index in [1.807, 2.05) is 18.2 Å². The van der Waals surface area contributed by atoms with Crippen LogP contribution < -0.4 is 10.2 Å². The summed E-state index contributed by atoms with van der Waals surface area (Å²) in [6, 6.07) is 9.55. The minimum Gasteiger partial charge on any atom is -0.371 e. The van der Waals surface area contributed by atoms with E-state index in [4.69, 9.17) is 0 Å². The van der Waals surface area contributed by atoms with E-state index in [2.05, 4.69) is 21.7 Å². The summed E-state index contributed by atoms with van der Waals surface area (Å²) in [5.41, 5.74) is 1.85. The third kappa shape index (κ3) is 3.02. The molecule has 0 spiro atoms. The molecule has 20 heavy (non-hydrogen) atoms. The van der Waals surface area contributed by atoms with E-state index in [0.29, 0.717) is 6.54 Å². The smallest absolute Gasteiger partial charge is 0.129 e. The molecule has 1 aliphatic rings. The van der Waals surface area contributed by atoms with Crippen LogP contribution in [-0.4, -0.2) is 13.1 Å². The number of benzene rings is 1. The Labute approximate surface area is 123 Å². The molecule has 4 heteroatoms. The minimum atomic E-state index is -0.104. The Bertz CT molecular complexity index is 548. The van der Waals surface area contributed by atoms with Gasteiger partial charge in [-0.15, -0.1) is 11.3 Å². The molecule has 106 valence electrons. The second-order valence-electron chi connectivity index (χ2n) is 5.11. The first kappa shape index (κ1) is 13.6. The molecule has 2 heterocycles. The monoisotopic (exact) mass is 290 g/mol. The summed E-state index contributed by atoms with van der Waals surface area (Å²) in [7, 11) is 0. The van der Waals surface area contributed by atoms with Crippen LogP contribution in [0.5, 0.6) is 0 Å². The number of halogens is 1. The first-order valence-corrected chi connectivity index (χ1v) is 7.98. The van der Waals surface area contributed by atoms with Gasteiger partial charge >= 0.3 is 0 Å². The van der Waals surface area contributed by atoms with Gasteiger partial charge in [-0.1, -0.05) is 12.1 Å². The third-order valence-corrected chi connectivity index (χ3v) is 4.60. The van der Waals surface area contributed by atoms with Crippen LogP contribution in [0, 0.1) is 5.82 Å². The Kier molecular flexibility index (Phi) is 4.33. The van der Waals surface area contributed by atoms with Crippen LogP contribution in [0.25, 0.3) is 0 Å². The highest BCUT2D eigenvalue weighted by Gasteiger charge is 2.17. The molecule has 0 unspecified atom stereocenters. The zero-order chi connectivity index (χ0) is 13.8. The Morgan fingerprint density at radius 3 is 2.70 bits per heavy atom. The van der Waals surface area contributed by atoms with Crippen molar-refractivity contribution in [2.75, 3.05) is 18.0 Å². The number of anilines is 1. The van der Waals surface area contributed by atoms with E-state index >= 15 is 0 Å². The van der Waals surface area contributed by atoms with Gasteiger partial charge in [0, 0.05) is 42.3 Å².